The second-order valence-electron chi connectivity index (χ2n) is 3.06. The smallest absolute Gasteiger partial charge is 0.325 e. The summed E-state index contributed by atoms with van der Waals surface area (Å²) < 4.78 is 10.5. The number of aliphatic hydroxyl groups excluding tert-OH is 2. The third-order valence-electron chi connectivity index (χ3n) is 1.79. The van der Waals surface area contributed by atoms with Gasteiger partial charge in [-0.3, -0.25) is 9.66 Å². The summed E-state index contributed by atoms with van der Waals surface area (Å²) in [6.07, 6.45) is -2.15. The molecule has 8 nitrogen and oxygen atoms in total. The fraction of sp³-hybridized carbons (Fsp3) is 0.667. The lowest BCUT2D eigenvalue weighted by Gasteiger charge is -2.15. The number of aromatic amines is 1. The van der Waals surface area contributed by atoms with Gasteiger partial charge in [0.15, 0.2) is 5.82 Å². The summed E-state index contributed by atoms with van der Waals surface area (Å²) in [4.78, 5) is 20.7. The van der Waals surface area contributed by atoms with E-state index in [1.807, 2.05) is 0 Å². The number of nitrogens with one attached hydrogen (secondary N) is 1. The van der Waals surface area contributed by atoms with E-state index in [1.54, 1.807) is 0 Å². The van der Waals surface area contributed by atoms with Crippen molar-refractivity contribution >= 4 is 7.60 Å². The van der Waals surface area contributed by atoms with Crippen molar-refractivity contribution in [1.29, 1.82) is 0 Å². The molecule has 15 heavy (non-hydrogen) atoms. The van der Waals surface area contributed by atoms with Crippen molar-refractivity contribution in [2.75, 3.05) is 6.16 Å². The average Bonchev–Trinajstić information content (AvgIpc) is 2.64. The molecule has 0 saturated heterocycles. The van der Waals surface area contributed by atoms with Crippen LogP contribution in [0.2, 0.25) is 0 Å². The van der Waals surface area contributed by atoms with E-state index in [2.05, 4.69) is 15.2 Å². The minimum Gasteiger partial charge on any atom is -0.390 e. The molecule has 0 fully saturated rings. The van der Waals surface area contributed by atoms with E-state index in [1.165, 1.54) is 0 Å². The highest BCUT2D eigenvalue weighted by atomic mass is 31.2. The van der Waals surface area contributed by atoms with Gasteiger partial charge in [0.2, 0.25) is 0 Å². The standard InChI is InChI=1S/C6H12N3O5P/c10-4(1-2-15(12,13)14)5(11)6-7-3-8-9-6/h3-5,10-11H,1-2H2,(H,7,8,9)(H2,12,13,14)/t4-,5-/m1/s1. The van der Waals surface area contributed by atoms with Crippen LogP contribution < -0.4 is 0 Å². The molecule has 2 atom stereocenters. The Kier molecular flexibility index (Phi) is 3.95. The van der Waals surface area contributed by atoms with Crippen molar-refractivity contribution in [3.63, 3.8) is 0 Å². The predicted octanol–water partition coefficient (Wildman–Crippen LogP) is -1.23. The first-order chi connectivity index (χ1) is 6.90. The number of hydrogen-bond donors (Lipinski definition) is 5. The van der Waals surface area contributed by atoms with Gasteiger partial charge in [0.05, 0.1) is 12.3 Å². The summed E-state index contributed by atoms with van der Waals surface area (Å²) in [6, 6.07) is 0. The van der Waals surface area contributed by atoms with Crippen LogP contribution in [0.1, 0.15) is 18.3 Å². The van der Waals surface area contributed by atoms with Gasteiger partial charge in [-0.25, -0.2) is 4.98 Å². The Morgan fingerprint density at radius 1 is 1.47 bits per heavy atom. The van der Waals surface area contributed by atoms with Crippen molar-refractivity contribution in [1.82, 2.24) is 15.2 Å². The van der Waals surface area contributed by atoms with Gasteiger partial charge in [0.1, 0.15) is 12.4 Å². The first-order valence-electron chi connectivity index (χ1n) is 4.16. The van der Waals surface area contributed by atoms with Gasteiger partial charge < -0.3 is 20.0 Å². The van der Waals surface area contributed by atoms with E-state index < -0.39 is 26.0 Å². The number of aromatic nitrogens is 3. The van der Waals surface area contributed by atoms with Crippen LogP contribution in [0.15, 0.2) is 6.33 Å². The molecule has 9 heteroatoms. The normalized spacial score (nSPS) is 16.3. The molecule has 0 saturated carbocycles. The summed E-state index contributed by atoms with van der Waals surface area (Å²) in [5, 5.41) is 24.6. The minimum atomic E-state index is -4.15. The molecule has 0 radical (unpaired) electrons. The Morgan fingerprint density at radius 3 is 2.60 bits per heavy atom. The van der Waals surface area contributed by atoms with Crippen molar-refractivity contribution in [2.24, 2.45) is 0 Å². The molecular formula is C6H12N3O5P. The number of H-pyrrole nitrogens is 1. The quantitative estimate of drug-likeness (QED) is 0.404. The first kappa shape index (κ1) is 12.3. The van der Waals surface area contributed by atoms with E-state index in [9.17, 15) is 14.8 Å². The van der Waals surface area contributed by atoms with E-state index in [0.717, 1.165) is 6.33 Å². The highest BCUT2D eigenvalue weighted by Gasteiger charge is 2.24. The lowest BCUT2D eigenvalue weighted by atomic mass is 10.1. The zero-order chi connectivity index (χ0) is 11.5. The molecule has 5 N–H and O–H groups in total. The summed E-state index contributed by atoms with van der Waals surface area (Å²) >= 11 is 0. The zero-order valence-corrected chi connectivity index (χ0v) is 8.58. The fourth-order valence-corrected chi connectivity index (χ4v) is 1.60. The van der Waals surface area contributed by atoms with Crippen LogP contribution in [0.3, 0.4) is 0 Å². The van der Waals surface area contributed by atoms with Gasteiger partial charge in [-0.1, -0.05) is 0 Å². The van der Waals surface area contributed by atoms with Crippen molar-refractivity contribution < 1.29 is 24.6 Å². The lowest BCUT2D eigenvalue weighted by molar-refractivity contribution is 0.0112. The second kappa shape index (κ2) is 4.82. The highest BCUT2D eigenvalue weighted by Crippen LogP contribution is 2.36. The maximum Gasteiger partial charge on any atom is 0.325 e. The second-order valence-corrected chi connectivity index (χ2v) is 4.84. The molecule has 0 amide bonds. The van der Waals surface area contributed by atoms with Crippen LogP contribution in [-0.2, 0) is 4.57 Å². The molecule has 1 aromatic rings. The summed E-state index contributed by atoms with van der Waals surface area (Å²) in [5.41, 5.74) is 0. The van der Waals surface area contributed by atoms with Crippen molar-refractivity contribution in [3.05, 3.63) is 12.2 Å². The zero-order valence-electron chi connectivity index (χ0n) is 7.69. The Morgan fingerprint density at radius 2 is 2.13 bits per heavy atom. The molecule has 1 heterocycles. The van der Waals surface area contributed by atoms with Gasteiger partial charge in [-0.05, 0) is 6.42 Å². The molecule has 0 aromatic carbocycles. The summed E-state index contributed by atoms with van der Waals surface area (Å²) in [6.45, 7) is 0. The fourth-order valence-electron chi connectivity index (χ4n) is 0.998. The van der Waals surface area contributed by atoms with Gasteiger partial charge in [0, 0.05) is 0 Å². The van der Waals surface area contributed by atoms with Crippen molar-refractivity contribution in [2.45, 2.75) is 18.6 Å². The van der Waals surface area contributed by atoms with Gasteiger partial charge in [-0.15, -0.1) is 0 Å². The molecule has 0 aliphatic heterocycles. The first-order valence-corrected chi connectivity index (χ1v) is 5.96. The molecule has 0 bridgehead atoms. The van der Waals surface area contributed by atoms with Gasteiger partial charge in [0.25, 0.3) is 0 Å². The number of aliphatic hydroxyl groups is 2. The minimum absolute atomic E-state index is 0.0632. The molecule has 0 aliphatic carbocycles. The van der Waals surface area contributed by atoms with E-state index in [0.29, 0.717) is 0 Å². The predicted molar refractivity (Wildman–Crippen MR) is 48.9 cm³/mol. The molecule has 86 valence electrons. The largest absolute Gasteiger partial charge is 0.390 e. The monoisotopic (exact) mass is 237 g/mol. The topological polar surface area (TPSA) is 140 Å². The van der Waals surface area contributed by atoms with Crippen LogP contribution in [0.4, 0.5) is 0 Å². The average molecular weight is 237 g/mol. The van der Waals surface area contributed by atoms with Crippen LogP contribution in [0, 0.1) is 0 Å². The molecule has 0 spiro atoms. The molecule has 1 rings (SSSR count). The van der Waals surface area contributed by atoms with E-state index in [4.69, 9.17) is 9.79 Å². The van der Waals surface area contributed by atoms with E-state index >= 15 is 0 Å². The Bertz CT molecular complexity index is 337. The molecular weight excluding hydrogens is 225 g/mol. The number of hydrogen-bond acceptors (Lipinski definition) is 5. The van der Waals surface area contributed by atoms with Crippen LogP contribution in [-0.4, -0.2) is 47.4 Å². The maximum absolute atomic E-state index is 10.5. The number of rotatable bonds is 5. The Balaban J connectivity index is 2.47. The van der Waals surface area contributed by atoms with Gasteiger partial charge >= 0.3 is 7.60 Å². The Hall–Kier alpha value is -0.790. The van der Waals surface area contributed by atoms with Gasteiger partial charge in [-0.2, -0.15) is 5.10 Å². The van der Waals surface area contributed by atoms with Crippen LogP contribution >= 0.6 is 7.60 Å². The van der Waals surface area contributed by atoms with E-state index in [-0.39, 0.29) is 12.2 Å². The van der Waals surface area contributed by atoms with Crippen molar-refractivity contribution in [3.8, 4) is 0 Å². The third-order valence-corrected chi connectivity index (χ3v) is 2.64. The SMILES string of the molecule is O=P(O)(O)CC[C@@H](O)[C@@H](O)c1ncn[nH]1. The summed E-state index contributed by atoms with van der Waals surface area (Å²) in [5.74, 6) is 0.0632. The molecule has 0 aliphatic rings. The highest BCUT2D eigenvalue weighted by molar-refractivity contribution is 7.51. The summed E-state index contributed by atoms with van der Waals surface area (Å²) in [7, 11) is -4.15. The molecule has 0 unspecified atom stereocenters. The lowest BCUT2D eigenvalue weighted by Crippen LogP contribution is -2.20. The maximum atomic E-state index is 10.5. The molecule has 1 aromatic heterocycles. The number of nitrogens with zero attached hydrogens (tertiary/aromatic N) is 2. The Labute approximate surface area is 85.1 Å². The van der Waals surface area contributed by atoms with Crippen LogP contribution in [0.5, 0.6) is 0 Å². The van der Waals surface area contributed by atoms with Crippen LogP contribution in [0.25, 0.3) is 0 Å². The third kappa shape index (κ3) is 4.06.